The number of nitrogens with two attached hydrogens (primary N) is 1. The largest absolute Gasteiger partial charge is 0.444 e. The molecule has 144 valence electrons. The Morgan fingerprint density at radius 3 is 2.52 bits per heavy atom. The molecule has 1 aliphatic rings. The number of ether oxygens (including phenoxy) is 1. The minimum atomic E-state index is -0.661. The van der Waals surface area contributed by atoms with Gasteiger partial charge in [-0.3, -0.25) is 4.79 Å². The molecule has 10 heteroatoms. The smallest absolute Gasteiger partial charge is 0.408 e. The third kappa shape index (κ3) is 4.57. The van der Waals surface area contributed by atoms with Crippen molar-refractivity contribution in [3.8, 4) is 5.82 Å². The molecule has 2 heterocycles. The summed E-state index contributed by atoms with van der Waals surface area (Å²) < 4.78 is 6.82. The summed E-state index contributed by atoms with van der Waals surface area (Å²) in [6.07, 6.45) is 4.20. The maximum atomic E-state index is 12.1. The van der Waals surface area contributed by atoms with Crippen molar-refractivity contribution in [1.82, 2.24) is 30.0 Å². The van der Waals surface area contributed by atoms with Crippen LogP contribution >= 0.6 is 0 Å². The summed E-state index contributed by atoms with van der Waals surface area (Å²) >= 11 is 0. The van der Waals surface area contributed by atoms with Gasteiger partial charge in [-0.15, -0.1) is 5.10 Å². The molecule has 0 unspecified atom stereocenters. The zero-order chi connectivity index (χ0) is 19.8. The number of aromatic nitrogens is 5. The molecule has 1 saturated carbocycles. The van der Waals surface area contributed by atoms with Crippen molar-refractivity contribution >= 4 is 12.0 Å². The summed E-state index contributed by atoms with van der Waals surface area (Å²) in [5.41, 5.74) is 4.65. The third-order valence-electron chi connectivity index (χ3n) is 3.82. The van der Waals surface area contributed by atoms with Gasteiger partial charge in [-0.05, 0) is 40.5 Å². The van der Waals surface area contributed by atoms with Crippen LogP contribution in [0.3, 0.4) is 0 Å². The average molecular weight is 373 g/mol. The molecule has 1 fully saturated rings. The Kier molecular flexibility index (Phi) is 4.81. The molecule has 3 N–H and O–H groups in total. The zero-order valence-electron chi connectivity index (χ0n) is 15.8. The Hall–Kier alpha value is -3.04. The van der Waals surface area contributed by atoms with Gasteiger partial charge in [0.25, 0.3) is 5.91 Å². The highest BCUT2D eigenvalue weighted by atomic mass is 16.6. The fourth-order valence-electron chi connectivity index (χ4n) is 2.41. The highest BCUT2D eigenvalue weighted by Gasteiger charge is 2.31. The van der Waals surface area contributed by atoms with E-state index >= 15 is 0 Å². The zero-order valence-corrected chi connectivity index (χ0v) is 15.8. The van der Waals surface area contributed by atoms with Crippen molar-refractivity contribution in [2.45, 2.75) is 58.1 Å². The van der Waals surface area contributed by atoms with E-state index in [1.165, 1.54) is 17.1 Å². The average Bonchev–Trinajstić information content (AvgIpc) is 3.31. The number of carbonyl (C=O) groups is 2. The summed E-state index contributed by atoms with van der Waals surface area (Å²) in [5.74, 6) is 1.24. The number of primary amides is 1. The lowest BCUT2D eigenvalue weighted by Crippen LogP contribution is -2.35. The monoisotopic (exact) mass is 373 g/mol. The molecule has 0 aromatic carbocycles. The fraction of sp³-hybridized carbons (Fsp3) is 0.529. The van der Waals surface area contributed by atoms with Crippen LogP contribution in [0, 0.1) is 0 Å². The second-order valence-corrected chi connectivity index (χ2v) is 7.51. The van der Waals surface area contributed by atoms with E-state index in [9.17, 15) is 9.59 Å². The second-order valence-electron chi connectivity index (χ2n) is 7.51. The van der Waals surface area contributed by atoms with Crippen molar-refractivity contribution in [1.29, 1.82) is 0 Å². The number of amides is 2. The van der Waals surface area contributed by atoms with Crippen molar-refractivity contribution in [2.75, 3.05) is 0 Å². The standard InChI is InChI=1S/C17H23N7O3/c1-9(21-16(26)27-17(2,3)4)15-22-14(10-5-6-10)23-24(15)12-8-19-11(7-20-12)13(18)25/h7-10H,5-6H2,1-4H3,(H2,18,25)(H,21,26)/t9-/m0/s1. The number of nitrogens with zero attached hydrogens (tertiary/aromatic N) is 5. The van der Waals surface area contributed by atoms with Crippen LogP contribution in [0.4, 0.5) is 4.79 Å². The van der Waals surface area contributed by atoms with Crippen molar-refractivity contribution in [3.05, 3.63) is 29.7 Å². The first kappa shape index (κ1) is 18.7. The van der Waals surface area contributed by atoms with Gasteiger partial charge in [-0.2, -0.15) is 4.68 Å². The molecule has 2 amide bonds. The maximum absolute atomic E-state index is 12.1. The molecule has 10 nitrogen and oxygen atoms in total. The van der Waals surface area contributed by atoms with Crippen LogP contribution in [0.2, 0.25) is 0 Å². The van der Waals surface area contributed by atoms with Crippen LogP contribution < -0.4 is 11.1 Å². The lowest BCUT2D eigenvalue weighted by atomic mass is 10.2. The topological polar surface area (TPSA) is 138 Å². The van der Waals surface area contributed by atoms with Crippen LogP contribution in [-0.2, 0) is 4.74 Å². The molecule has 0 aliphatic heterocycles. The van der Waals surface area contributed by atoms with Crippen molar-refractivity contribution in [3.63, 3.8) is 0 Å². The first-order valence-corrected chi connectivity index (χ1v) is 8.72. The van der Waals surface area contributed by atoms with Crippen LogP contribution in [0.15, 0.2) is 12.4 Å². The molecular formula is C17H23N7O3. The number of rotatable bonds is 5. The summed E-state index contributed by atoms with van der Waals surface area (Å²) in [6.45, 7) is 7.16. The first-order valence-electron chi connectivity index (χ1n) is 8.72. The Morgan fingerprint density at radius 1 is 1.30 bits per heavy atom. The van der Waals surface area contributed by atoms with Gasteiger partial charge in [0.15, 0.2) is 17.5 Å². The van der Waals surface area contributed by atoms with Gasteiger partial charge in [0.1, 0.15) is 11.3 Å². The Labute approximate surface area is 156 Å². The molecule has 0 bridgehead atoms. The van der Waals surface area contributed by atoms with Crippen molar-refractivity contribution in [2.24, 2.45) is 5.73 Å². The Balaban J connectivity index is 1.87. The van der Waals surface area contributed by atoms with Gasteiger partial charge in [0.05, 0.1) is 18.4 Å². The van der Waals surface area contributed by atoms with E-state index in [2.05, 4.69) is 25.4 Å². The number of nitrogens with one attached hydrogen (secondary N) is 1. The lowest BCUT2D eigenvalue weighted by Gasteiger charge is -2.21. The molecular weight excluding hydrogens is 350 g/mol. The molecule has 2 aromatic heterocycles. The predicted molar refractivity (Wildman–Crippen MR) is 95.2 cm³/mol. The minimum Gasteiger partial charge on any atom is -0.444 e. The summed E-state index contributed by atoms with van der Waals surface area (Å²) in [7, 11) is 0. The molecule has 3 rings (SSSR count). The second kappa shape index (κ2) is 6.93. The molecule has 1 atom stereocenters. The molecule has 0 spiro atoms. The van der Waals surface area contributed by atoms with Crippen molar-refractivity contribution < 1.29 is 14.3 Å². The summed E-state index contributed by atoms with van der Waals surface area (Å²) in [6, 6.07) is -0.475. The number of alkyl carbamates (subject to hydrolysis) is 1. The molecule has 27 heavy (non-hydrogen) atoms. The van der Waals surface area contributed by atoms with Gasteiger partial charge in [-0.25, -0.2) is 19.7 Å². The normalized spacial score (nSPS) is 15.3. The van der Waals surface area contributed by atoms with Crippen LogP contribution in [0.25, 0.3) is 5.82 Å². The van der Waals surface area contributed by atoms with E-state index < -0.39 is 23.6 Å². The van der Waals surface area contributed by atoms with Gasteiger partial charge in [0, 0.05) is 5.92 Å². The van der Waals surface area contributed by atoms with E-state index in [0.29, 0.717) is 23.4 Å². The third-order valence-corrected chi connectivity index (χ3v) is 3.82. The van der Waals surface area contributed by atoms with Crippen LogP contribution in [0.1, 0.15) is 74.6 Å². The summed E-state index contributed by atoms with van der Waals surface area (Å²) in [5, 5.41) is 7.27. The number of hydrogen-bond acceptors (Lipinski definition) is 7. The minimum absolute atomic E-state index is 0.0581. The summed E-state index contributed by atoms with van der Waals surface area (Å²) in [4.78, 5) is 36.0. The molecule has 2 aromatic rings. The maximum Gasteiger partial charge on any atom is 0.408 e. The highest BCUT2D eigenvalue weighted by molar-refractivity contribution is 5.90. The van der Waals surface area contributed by atoms with E-state index in [1.54, 1.807) is 27.7 Å². The highest BCUT2D eigenvalue weighted by Crippen LogP contribution is 2.38. The van der Waals surface area contributed by atoms with Gasteiger partial charge in [0.2, 0.25) is 0 Å². The molecule has 0 radical (unpaired) electrons. The fourth-order valence-corrected chi connectivity index (χ4v) is 2.41. The Bertz CT molecular complexity index is 850. The molecule has 1 aliphatic carbocycles. The van der Waals surface area contributed by atoms with E-state index in [0.717, 1.165) is 12.8 Å². The van der Waals surface area contributed by atoms with E-state index in [4.69, 9.17) is 10.5 Å². The first-order chi connectivity index (χ1) is 12.6. The Morgan fingerprint density at radius 2 is 2.00 bits per heavy atom. The van der Waals surface area contributed by atoms with E-state index in [-0.39, 0.29) is 5.69 Å². The van der Waals surface area contributed by atoms with Gasteiger partial charge < -0.3 is 15.8 Å². The van der Waals surface area contributed by atoms with Crippen LogP contribution in [0.5, 0.6) is 0 Å². The number of hydrogen-bond donors (Lipinski definition) is 2. The quantitative estimate of drug-likeness (QED) is 0.812. The molecule has 0 saturated heterocycles. The lowest BCUT2D eigenvalue weighted by molar-refractivity contribution is 0.0505. The van der Waals surface area contributed by atoms with Gasteiger partial charge in [-0.1, -0.05) is 0 Å². The SMILES string of the molecule is C[C@H](NC(=O)OC(C)(C)C)c1nc(C2CC2)nn1-c1cnc(C(N)=O)cn1. The predicted octanol–water partition coefficient (Wildman–Crippen LogP) is 1.62. The van der Waals surface area contributed by atoms with Gasteiger partial charge >= 0.3 is 6.09 Å². The van der Waals surface area contributed by atoms with Crippen LogP contribution in [-0.4, -0.2) is 42.3 Å². The van der Waals surface area contributed by atoms with E-state index in [1.807, 2.05) is 0 Å². The number of carbonyl (C=O) groups excluding carboxylic acids is 2.